The number of aryl methyl sites for hydroxylation is 2. The zero-order chi connectivity index (χ0) is 20.4. The molecule has 0 fully saturated rings. The van der Waals surface area contributed by atoms with Crippen molar-refractivity contribution in [3.63, 3.8) is 0 Å². The molecule has 9 heteroatoms. The number of urea groups is 1. The first-order valence-corrected chi connectivity index (χ1v) is 9.50. The minimum Gasteiger partial charge on any atom is -0.486 e. The number of amides is 2. The number of anilines is 1. The molecule has 29 heavy (non-hydrogen) atoms. The number of nitrogens with one attached hydrogen (secondary N) is 2. The maximum atomic E-state index is 12.3. The van der Waals surface area contributed by atoms with Crippen LogP contribution in [0, 0.1) is 13.8 Å². The maximum Gasteiger partial charge on any atom is 0.319 e. The van der Waals surface area contributed by atoms with Crippen LogP contribution in [0.15, 0.2) is 36.5 Å². The molecule has 0 aliphatic carbocycles. The van der Waals surface area contributed by atoms with Gasteiger partial charge in [0.1, 0.15) is 13.2 Å². The highest BCUT2D eigenvalue weighted by Crippen LogP contribution is 2.37. The topological polar surface area (TPSA) is 90.3 Å². The number of hydrogen-bond donors (Lipinski definition) is 2. The summed E-state index contributed by atoms with van der Waals surface area (Å²) in [5, 5.41) is 10.3. The molecule has 3 heterocycles. The Balaban J connectivity index is 1.37. The molecule has 4 rings (SSSR count). The summed E-state index contributed by atoms with van der Waals surface area (Å²) >= 11 is 6.22. The van der Waals surface area contributed by atoms with Gasteiger partial charge in [0.15, 0.2) is 17.3 Å². The van der Waals surface area contributed by atoms with Crippen LogP contribution in [-0.4, -0.2) is 34.0 Å². The van der Waals surface area contributed by atoms with Crippen LogP contribution in [0.1, 0.15) is 17.0 Å². The van der Waals surface area contributed by atoms with Crippen molar-refractivity contribution in [2.24, 2.45) is 0 Å². The van der Waals surface area contributed by atoms with E-state index in [1.807, 2.05) is 32.0 Å². The lowest BCUT2D eigenvalue weighted by Crippen LogP contribution is -2.28. The number of nitrogens with zero attached hydrogens (tertiary/aromatic N) is 3. The van der Waals surface area contributed by atoms with Gasteiger partial charge in [-0.2, -0.15) is 5.10 Å². The van der Waals surface area contributed by atoms with Crippen LogP contribution in [0.3, 0.4) is 0 Å². The van der Waals surface area contributed by atoms with E-state index in [-0.39, 0.29) is 6.03 Å². The zero-order valence-corrected chi connectivity index (χ0v) is 16.8. The molecule has 0 saturated heterocycles. The number of rotatable bonds is 4. The van der Waals surface area contributed by atoms with Gasteiger partial charge >= 0.3 is 6.03 Å². The fraction of sp³-hybridized carbons (Fsp3) is 0.250. The number of halogens is 1. The van der Waals surface area contributed by atoms with Gasteiger partial charge in [-0.1, -0.05) is 17.7 Å². The van der Waals surface area contributed by atoms with Gasteiger partial charge in [0, 0.05) is 30.6 Å². The number of aromatic nitrogens is 3. The van der Waals surface area contributed by atoms with Crippen LogP contribution in [0.5, 0.6) is 11.5 Å². The Morgan fingerprint density at radius 3 is 2.59 bits per heavy atom. The molecule has 0 radical (unpaired) electrons. The quantitative estimate of drug-likeness (QED) is 0.681. The number of carbonyl (C=O) groups excluding carboxylic acids is 1. The van der Waals surface area contributed by atoms with Gasteiger partial charge in [-0.15, -0.1) is 0 Å². The minimum atomic E-state index is -0.383. The van der Waals surface area contributed by atoms with E-state index in [2.05, 4.69) is 20.7 Å². The number of benzene rings is 1. The lowest BCUT2D eigenvalue weighted by molar-refractivity contribution is 0.171. The Hall–Kier alpha value is -3.26. The van der Waals surface area contributed by atoms with Crippen LogP contribution in [0.25, 0.3) is 5.82 Å². The zero-order valence-electron chi connectivity index (χ0n) is 16.0. The summed E-state index contributed by atoms with van der Waals surface area (Å²) in [5.41, 5.74) is 3.26. The fourth-order valence-electron chi connectivity index (χ4n) is 3.02. The van der Waals surface area contributed by atoms with Gasteiger partial charge in [-0.3, -0.25) is 0 Å². The van der Waals surface area contributed by atoms with Crippen LogP contribution in [0.4, 0.5) is 10.5 Å². The minimum absolute atomic E-state index is 0.318. The second kappa shape index (κ2) is 8.00. The Morgan fingerprint density at radius 2 is 1.93 bits per heavy atom. The summed E-state index contributed by atoms with van der Waals surface area (Å²) in [5.74, 6) is 1.85. The van der Waals surface area contributed by atoms with Gasteiger partial charge in [-0.25, -0.2) is 14.5 Å². The summed E-state index contributed by atoms with van der Waals surface area (Å²) in [4.78, 5) is 16.7. The van der Waals surface area contributed by atoms with Crippen LogP contribution in [0.2, 0.25) is 5.02 Å². The van der Waals surface area contributed by atoms with Crippen molar-refractivity contribution in [2.75, 3.05) is 18.5 Å². The Kier molecular flexibility index (Phi) is 5.26. The second-order valence-corrected chi connectivity index (χ2v) is 7.05. The van der Waals surface area contributed by atoms with Gasteiger partial charge in [-0.05, 0) is 31.5 Å². The van der Waals surface area contributed by atoms with Crippen molar-refractivity contribution in [1.82, 2.24) is 20.1 Å². The lowest BCUT2D eigenvalue weighted by Gasteiger charge is -2.20. The predicted molar refractivity (Wildman–Crippen MR) is 109 cm³/mol. The highest BCUT2D eigenvalue weighted by Gasteiger charge is 2.16. The van der Waals surface area contributed by atoms with Crippen LogP contribution in [-0.2, 0) is 6.54 Å². The van der Waals surface area contributed by atoms with E-state index in [1.54, 1.807) is 23.0 Å². The van der Waals surface area contributed by atoms with Crippen molar-refractivity contribution >= 4 is 23.3 Å². The van der Waals surface area contributed by atoms with Gasteiger partial charge < -0.3 is 20.1 Å². The van der Waals surface area contributed by atoms with Crippen molar-refractivity contribution in [3.05, 3.63) is 58.5 Å². The molecule has 1 aliphatic heterocycles. The number of hydrogen-bond acceptors (Lipinski definition) is 5. The fourth-order valence-corrected chi connectivity index (χ4v) is 3.22. The third kappa shape index (κ3) is 4.27. The first-order chi connectivity index (χ1) is 14.0. The highest BCUT2D eigenvalue weighted by molar-refractivity contribution is 6.34. The van der Waals surface area contributed by atoms with Gasteiger partial charge in [0.05, 0.1) is 16.4 Å². The molecule has 1 aliphatic rings. The summed E-state index contributed by atoms with van der Waals surface area (Å²) in [7, 11) is 0. The van der Waals surface area contributed by atoms with Crippen molar-refractivity contribution in [2.45, 2.75) is 20.4 Å². The molecule has 0 saturated carbocycles. The van der Waals surface area contributed by atoms with Crippen molar-refractivity contribution in [1.29, 1.82) is 0 Å². The van der Waals surface area contributed by atoms with E-state index < -0.39 is 0 Å². The average molecular weight is 414 g/mol. The number of pyridine rings is 1. The molecule has 2 aromatic heterocycles. The molecule has 1 aromatic carbocycles. The maximum absolute atomic E-state index is 12.3. The Morgan fingerprint density at radius 1 is 1.17 bits per heavy atom. The first kappa shape index (κ1) is 19.1. The smallest absolute Gasteiger partial charge is 0.319 e. The molecular formula is C20H20ClN5O3. The average Bonchev–Trinajstić information content (AvgIpc) is 3.05. The van der Waals surface area contributed by atoms with E-state index in [0.717, 1.165) is 22.8 Å². The largest absolute Gasteiger partial charge is 0.486 e. The molecule has 8 nitrogen and oxygen atoms in total. The first-order valence-electron chi connectivity index (χ1n) is 9.12. The SMILES string of the molecule is Cc1cc(C)n(-c2ccc(CNC(=O)Nc3cc4c(cc3Cl)OCCO4)cn2)n1. The second-order valence-electron chi connectivity index (χ2n) is 6.65. The molecule has 0 atom stereocenters. The Bertz CT molecular complexity index is 1050. The number of carbonyl (C=O) groups is 1. The molecule has 2 amide bonds. The summed E-state index contributed by atoms with van der Waals surface area (Å²) < 4.78 is 12.8. The Labute approximate surface area is 172 Å². The van der Waals surface area contributed by atoms with Crippen molar-refractivity contribution in [3.8, 4) is 17.3 Å². The molecule has 0 spiro atoms. The molecule has 150 valence electrons. The van der Waals surface area contributed by atoms with Gasteiger partial charge in [0.2, 0.25) is 0 Å². The summed E-state index contributed by atoms with van der Waals surface area (Å²) in [6, 6.07) is 8.66. The van der Waals surface area contributed by atoms with Crippen molar-refractivity contribution < 1.29 is 14.3 Å². The monoisotopic (exact) mass is 413 g/mol. The van der Waals surface area contributed by atoms with E-state index in [4.69, 9.17) is 21.1 Å². The standard InChI is InChI=1S/C20H20ClN5O3/c1-12-7-13(2)26(25-12)19-4-3-14(10-22-19)11-23-20(27)24-16-9-18-17(8-15(16)21)28-5-6-29-18/h3-4,7-10H,5-6,11H2,1-2H3,(H2,23,24,27). The molecule has 3 aromatic rings. The number of fused-ring (bicyclic) bond motifs is 1. The van der Waals surface area contributed by atoms with E-state index in [9.17, 15) is 4.79 Å². The highest BCUT2D eigenvalue weighted by atomic mass is 35.5. The lowest BCUT2D eigenvalue weighted by atomic mass is 10.2. The van der Waals surface area contributed by atoms with Crippen LogP contribution < -0.4 is 20.1 Å². The predicted octanol–water partition coefficient (Wildman–Crippen LogP) is 3.63. The molecule has 0 bridgehead atoms. The van der Waals surface area contributed by atoms with E-state index in [0.29, 0.717) is 42.0 Å². The third-order valence-corrected chi connectivity index (χ3v) is 4.68. The molecule has 0 unspecified atom stereocenters. The normalized spacial score (nSPS) is 12.5. The molecule has 2 N–H and O–H groups in total. The van der Waals surface area contributed by atoms with Gasteiger partial charge in [0.25, 0.3) is 0 Å². The van der Waals surface area contributed by atoms with Crippen LogP contribution >= 0.6 is 11.6 Å². The summed E-state index contributed by atoms with van der Waals surface area (Å²) in [6.45, 7) is 5.17. The third-order valence-electron chi connectivity index (χ3n) is 4.37. The number of ether oxygens (including phenoxy) is 2. The molecular weight excluding hydrogens is 394 g/mol. The van der Waals surface area contributed by atoms with E-state index >= 15 is 0 Å². The summed E-state index contributed by atoms with van der Waals surface area (Å²) in [6.07, 6.45) is 1.71. The van der Waals surface area contributed by atoms with E-state index in [1.165, 1.54) is 0 Å².